The lowest BCUT2D eigenvalue weighted by molar-refractivity contribution is 0.0976. The molecule has 0 saturated carbocycles. The highest BCUT2D eigenvalue weighted by atomic mass is 16.1. The van der Waals surface area contributed by atoms with Crippen molar-refractivity contribution in [1.82, 2.24) is 10.3 Å². The number of carbonyl (C=O) groups excluding carboxylic acids is 1. The van der Waals surface area contributed by atoms with E-state index in [1.807, 2.05) is 13.0 Å². The van der Waals surface area contributed by atoms with Gasteiger partial charge in [-0.05, 0) is 44.2 Å². The smallest absolute Gasteiger partial charge is 0.259 e. The number of pyridine rings is 1. The van der Waals surface area contributed by atoms with Crippen LogP contribution in [0.4, 0.5) is 0 Å². The average molecular weight is 260 g/mol. The minimum Gasteiger partial charge on any atom is -0.370 e. The molecule has 1 aromatic heterocycles. The second kappa shape index (κ2) is 6.31. The molecule has 0 aliphatic heterocycles. The lowest BCUT2D eigenvalue weighted by atomic mass is 10.1. The second-order valence-corrected chi connectivity index (χ2v) is 4.70. The van der Waals surface area contributed by atoms with Crippen LogP contribution in [0.3, 0.4) is 0 Å². The van der Waals surface area contributed by atoms with Gasteiger partial charge >= 0.3 is 0 Å². The number of hydrogen-bond acceptors (Lipinski definition) is 3. The molecule has 0 spiro atoms. The first-order valence-corrected chi connectivity index (χ1v) is 6.79. The van der Waals surface area contributed by atoms with E-state index in [4.69, 9.17) is 5.73 Å². The molecule has 3 N–H and O–H groups in total. The Hall–Kier alpha value is -1.91. The van der Waals surface area contributed by atoms with Crippen molar-refractivity contribution in [2.24, 2.45) is 10.7 Å². The van der Waals surface area contributed by atoms with Crippen LogP contribution in [-0.4, -0.2) is 23.4 Å². The standard InChI is InChI=1S/C14H20N4O/c1-2-16-14(15)18-13(19)11-8-10-6-4-3-5-7-12(10)17-9-11/h8-9H,2-7H2,1H3,(H3,15,16,18,19). The number of hydrogen-bond donors (Lipinski definition) is 2. The van der Waals surface area contributed by atoms with Gasteiger partial charge in [0.25, 0.3) is 5.91 Å². The summed E-state index contributed by atoms with van der Waals surface area (Å²) in [4.78, 5) is 20.3. The van der Waals surface area contributed by atoms with Crippen molar-refractivity contribution < 1.29 is 4.79 Å². The zero-order valence-electron chi connectivity index (χ0n) is 11.3. The molecule has 0 saturated heterocycles. The molecule has 19 heavy (non-hydrogen) atoms. The number of amides is 1. The van der Waals surface area contributed by atoms with Gasteiger partial charge in [-0.15, -0.1) is 0 Å². The molecule has 0 radical (unpaired) electrons. The van der Waals surface area contributed by atoms with Crippen LogP contribution in [-0.2, 0) is 12.8 Å². The third-order valence-electron chi connectivity index (χ3n) is 3.25. The molecule has 5 nitrogen and oxygen atoms in total. The van der Waals surface area contributed by atoms with Crippen molar-refractivity contribution in [3.05, 3.63) is 29.1 Å². The Morgan fingerprint density at radius 1 is 1.42 bits per heavy atom. The molecule has 0 bridgehead atoms. The Labute approximate surface area is 113 Å². The highest BCUT2D eigenvalue weighted by Crippen LogP contribution is 2.19. The van der Waals surface area contributed by atoms with Crippen molar-refractivity contribution in [3.8, 4) is 0 Å². The number of aryl methyl sites for hydroxylation is 2. The van der Waals surface area contributed by atoms with Gasteiger partial charge in [-0.1, -0.05) is 6.42 Å². The van der Waals surface area contributed by atoms with Gasteiger partial charge in [-0.2, -0.15) is 0 Å². The van der Waals surface area contributed by atoms with E-state index in [0.29, 0.717) is 12.1 Å². The van der Waals surface area contributed by atoms with E-state index in [0.717, 1.165) is 18.5 Å². The maximum Gasteiger partial charge on any atom is 0.259 e. The van der Waals surface area contributed by atoms with Crippen molar-refractivity contribution in [2.75, 3.05) is 6.54 Å². The van der Waals surface area contributed by atoms with E-state index in [9.17, 15) is 4.79 Å². The number of fused-ring (bicyclic) bond motifs is 1. The molecule has 1 heterocycles. The third-order valence-corrected chi connectivity index (χ3v) is 3.25. The molecule has 5 heteroatoms. The molecule has 1 aliphatic rings. The van der Waals surface area contributed by atoms with Crippen LogP contribution in [0.25, 0.3) is 0 Å². The molecule has 102 valence electrons. The molecule has 0 fully saturated rings. The summed E-state index contributed by atoms with van der Waals surface area (Å²) in [6.07, 6.45) is 7.21. The topological polar surface area (TPSA) is 80.4 Å². The lowest BCUT2D eigenvalue weighted by Gasteiger charge is -2.08. The molecule has 1 amide bonds. The molecule has 2 rings (SSSR count). The largest absolute Gasteiger partial charge is 0.370 e. The SMILES string of the molecule is CCN=C(N)NC(=O)c1cnc2c(c1)CCCCC2. The summed E-state index contributed by atoms with van der Waals surface area (Å²) in [5.74, 6) is -0.0864. The molecular weight excluding hydrogens is 240 g/mol. The van der Waals surface area contributed by atoms with Gasteiger partial charge in [0.15, 0.2) is 5.96 Å². The van der Waals surface area contributed by atoms with E-state index < -0.39 is 0 Å². The minimum absolute atomic E-state index is 0.155. The fraction of sp³-hybridized carbons (Fsp3) is 0.500. The van der Waals surface area contributed by atoms with E-state index in [-0.39, 0.29) is 11.9 Å². The summed E-state index contributed by atoms with van der Waals surface area (Å²) >= 11 is 0. The van der Waals surface area contributed by atoms with Gasteiger partial charge in [0.05, 0.1) is 5.56 Å². The van der Waals surface area contributed by atoms with Crippen LogP contribution < -0.4 is 11.1 Å². The summed E-state index contributed by atoms with van der Waals surface area (Å²) < 4.78 is 0. The van der Waals surface area contributed by atoms with Gasteiger partial charge in [0.1, 0.15) is 0 Å². The van der Waals surface area contributed by atoms with Crippen LogP contribution >= 0.6 is 0 Å². The van der Waals surface area contributed by atoms with Crippen molar-refractivity contribution >= 4 is 11.9 Å². The van der Waals surface area contributed by atoms with Crippen molar-refractivity contribution in [1.29, 1.82) is 0 Å². The van der Waals surface area contributed by atoms with E-state index in [1.54, 1.807) is 6.20 Å². The van der Waals surface area contributed by atoms with Crippen molar-refractivity contribution in [3.63, 3.8) is 0 Å². The fourth-order valence-electron chi connectivity index (χ4n) is 2.29. The summed E-state index contributed by atoms with van der Waals surface area (Å²) in [5.41, 5.74) is 8.45. The monoisotopic (exact) mass is 260 g/mol. The Kier molecular flexibility index (Phi) is 4.49. The molecule has 0 atom stereocenters. The Morgan fingerprint density at radius 2 is 2.21 bits per heavy atom. The number of nitrogens with two attached hydrogens (primary N) is 1. The highest BCUT2D eigenvalue weighted by molar-refractivity contribution is 6.05. The lowest BCUT2D eigenvalue weighted by Crippen LogP contribution is -2.37. The zero-order chi connectivity index (χ0) is 13.7. The number of guanidine groups is 1. The van der Waals surface area contributed by atoms with Crippen LogP contribution in [0.1, 0.15) is 47.8 Å². The summed E-state index contributed by atoms with van der Waals surface area (Å²) in [5, 5.41) is 2.57. The minimum atomic E-state index is -0.241. The highest BCUT2D eigenvalue weighted by Gasteiger charge is 2.13. The first-order valence-electron chi connectivity index (χ1n) is 6.79. The first kappa shape index (κ1) is 13.5. The van der Waals surface area contributed by atoms with E-state index in [2.05, 4.69) is 15.3 Å². The Balaban J connectivity index is 2.15. The van der Waals surface area contributed by atoms with Crippen LogP contribution in [0.2, 0.25) is 0 Å². The number of aliphatic imine (C=N–C) groups is 1. The maximum absolute atomic E-state index is 12.0. The van der Waals surface area contributed by atoms with Crippen LogP contribution in [0, 0.1) is 0 Å². The quantitative estimate of drug-likeness (QED) is 0.479. The van der Waals surface area contributed by atoms with Gasteiger partial charge in [0.2, 0.25) is 0 Å². The molecule has 1 aliphatic carbocycles. The van der Waals surface area contributed by atoms with Crippen molar-refractivity contribution in [2.45, 2.75) is 39.0 Å². The van der Waals surface area contributed by atoms with Crippen LogP contribution in [0.5, 0.6) is 0 Å². The van der Waals surface area contributed by atoms with Crippen LogP contribution in [0.15, 0.2) is 17.3 Å². The number of nitrogens with one attached hydrogen (secondary N) is 1. The fourth-order valence-corrected chi connectivity index (χ4v) is 2.29. The van der Waals surface area contributed by atoms with Gasteiger partial charge in [0, 0.05) is 18.4 Å². The number of carbonyl (C=O) groups is 1. The first-order chi connectivity index (χ1) is 9.20. The predicted molar refractivity (Wildman–Crippen MR) is 75.1 cm³/mol. The summed E-state index contributed by atoms with van der Waals surface area (Å²) in [7, 11) is 0. The zero-order valence-corrected chi connectivity index (χ0v) is 11.3. The normalized spacial score (nSPS) is 15.5. The average Bonchev–Trinajstić information content (AvgIpc) is 2.63. The third kappa shape index (κ3) is 3.53. The summed E-state index contributed by atoms with van der Waals surface area (Å²) in [6.45, 7) is 2.41. The molecular formula is C14H20N4O. The molecule has 0 unspecified atom stereocenters. The molecule has 0 aromatic carbocycles. The van der Waals surface area contributed by atoms with Gasteiger partial charge in [-0.25, -0.2) is 0 Å². The summed E-state index contributed by atoms with van der Waals surface area (Å²) in [6, 6.07) is 1.93. The van der Waals surface area contributed by atoms with E-state index in [1.165, 1.54) is 24.8 Å². The van der Waals surface area contributed by atoms with E-state index >= 15 is 0 Å². The number of rotatable bonds is 2. The number of aromatic nitrogens is 1. The maximum atomic E-state index is 12.0. The Morgan fingerprint density at radius 3 is 3.00 bits per heavy atom. The Bertz CT molecular complexity index is 496. The second-order valence-electron chi connectivity index (χ2n) is 4.70. The van der Waals surface area contributed by atoms with Gasteiger partial charge in [-0.3, -0.25) is 20.1 Å². The predicted octanol–water partition coefficient (Wildman–Crippen LogP) is 1.41. The number of nitrogens with zero attached hydrogens (tertiary/aromatic N) is 2. The molecule has 1 aromatic rings. The van der Waals surface area contributed by atoms with Gasteiger partial charge < -0.3 is 5.73 Å².